The van der Waals surface area contributed by atoms with E-state index >= 15 is 0 Å². The van der Waals surface area contributed by atoms with E-state index in [1.54, 1.807) is 60.7 Å². The van der Waals surface area contributed by atoms with Crippen molar-refractivity contribution in [1.29, 1.82) is 0 Å². The number of para-hydroxylation sites is 2. The van der Waals surface area contributed by atoms with Crippen molar-refractivity contribution in [1.82, 2.24) is 0 Å². The predicted molar refractivity (Wildman–Crippen MR) is 138 cm³/mol. The minimum Gasteiger partial charge on any atom is -0.507 e. The summed E-state index contributed by atoms with van der Waals surface area (Å²) in [5, 5.41) is 11.5. The van der Waals surface area contributed by atoms with E-state index in [1.807, 2.05) is 6.92 Å². The number of aliphatic hydroxyl groups is 1. The van der Waals surface area contributed by atoms with Gasteiger partial charge in [0, 0.05) is 12.0 Å². The van der Waals surface area contributed by atoms with E-state index in [1.165, 1.54) is 19.1 Å². The van der Waals surface area contributed by atoms with Crippen molar-refractivity contribution in [2.75, 3.05) is 32.3 Å². The third-order valence-corrected chi connectivity index (χ3v) is 6.56. The van der Waals surface area contributed by atoms with Crippen LogP contribution in [0.25, 0.3) is 5.76 Å². The Balaban J connectivity index is 1.74. The molecule has 1 fully saturated rings. The van der Waals surface area contributed by atoms with Crippen LogP contribution in [0.1, 0.15) is 29.7 Å². The molecule has 0 spiro atoms. The Kier molecular flexibility index (Phi) is 6.48. The zero-order chi connectivity index (χ0) is 26.1. The first-order valence-corrected chi connectivity index (χ1v) is 12.0. The monoisotopic (exact) mass is 501 g/mol. The number of anilines is 1. The van der Waals surface area contributed by atoms with Crippen LogP contribution < -0.4 is 23.8 Å². The molecule has 1 amide bonds. The van der Waals surface area contributed by atoms with Crippen LogP contribution in [-0.2, 0) is 16.0 Å². The van der Waals surface area contributed by atoms with Crippen molar-refractivity contribution in [3.63, 3.8) is 0 Å². The molecule has 0 radical (unpaired) electrons. The number of ether oxygens (including phenoxy) is 4. The van der Waals surface area contributed by atoms with Gasteiger partial charge in [0.2, 0.25) is 0 Å². The number of ketones is 1. The van der Waals surface area contributed by atoms with Crippen LogP contribution in [0.3, 0.4) is 0 Å². The highest BCUT2D eigenvalue weighted by Crippen LogP contribution is 2.46. The highest BCUT2D eigenvalue weighted by atomic mass is 16.5. The highest BCUT2D eigenvalue weighted by Gasteiger charge is 2.48. The molecule has 0 bridgehead atoms. The summed E-state index contributed by atoms with van der Waals surface area (Å²) in [5.74, 6) is 0.320. The van der Waals surface area contributed by atoms with Gasteiger partial charge >= 0.3 is 0 Å². The number of carbonyl (C=O) groups is 2. The maximum absolute atomic E-state index is 13.5. The Morgan fingerprint density at radius 3 is 2.54 bits per heavy atom. The van der Waals surface area contributed by atoms with Gasteiger partial charge in [-0.25, -0.2) is 0 Å². The minimum absolute atomic E-state index is 0.0256. The number of hydrogen-bond acceptors (Lipinski definition) is 7. The molecule has 1 unspecified atom stereocenters. The number of nitrogens with zero attached hydrogens (tertiary/aromatic N) is 1. The molecular weight excluding hydrogens is 474 g/mol. The number of fused-ring (bicyclic) bond motifs is 1. The maximum Gasteiger partial charge on any atom is 0.300 e. The largest absolute Gasteiger partial charge is 0.507 e. The van der Waals surface area contributed by atoms with Gasteiger partial charge in [0.25, 0.3) is 11.7 Å². The van der Waals surface area contributed by atoms with Gasteiger partial charge in [-0.05, 0) is 60.5 Å². The normalized spacial score (nSPS) is 17.9. The third-order valence-electron chi connectivity index (χ3n) is 6.56. The van der Waals surface area contributed by atoms with E-state index in [2.05, 4.69) is 0 Å². The second kappa shape index (κ2) is 9.89. The quantitative estimate of drug-likeness (QED) is 0.286. The second-order valence-corrected chi connectivity index (χ2v) is 8.61. The van der Waals surface area contributed by atoms with Gasteiger partial charge in [-0.15, -0.1) is 0 Å². The van der Waals surface area contributed by atoms with Crippen LogP contribution in [0.5, 0.6) is 23.0 Å². The number of hydrogen-bond donors (Lipinski definition) is 1. The van der Waals surface area contributed by atoms with E-state index in [9.17, 15) is 14.7 Å². The Morgan fingerprint density at radius 2 is 1.78 bits per heavy atom. The van der Waals surface area contributed by atoms with E-state index in [0.29, 0.717) is 53.7 Å². The standard InChI is InChI=1S/C29H27NO7/c1-4-36-24-16-18(9-12-23(24)35-3)26-25(27(31)19-10-11-21-17(15-19)13-14-37-21)28(32)29(33)30(26)20-7-5-6-8-22(20)34-2/h5-12,15-16,26,31H,4,13-14H2,1-3H3/b27-25+. The lowest BCUT2D eigenvalue weighted by Gasteiger charge is -2.27. The first-order valence-electron chi connectivity index (χ1n) is 12.0. The summed E-state index contributed by atoms with van der Waals surface area (Å²) in [4.78, 5) is 28.4. The van der Waals surface area contributed by atoms with Gasteiger partial charge in [0.1, 0.15) is 17.3 Å². The summed E-state index contributed by atoms with van der Waals surface area (Å²) >= 11 is 0. The maximum atomic E-state index is 13.5. The van der Waals surface area contributed by atoms with Crippen molar-refractivity contribution in [3.05, 3.63) is 82.9 Å². The third kappa shape index (κ3) is 4.14. The fourth-order valence-electron chi connectivity index (χ4n) is 4.85. The molecule has 0 aliphatic carbocycles. The van der Waals surface area contributed by atoms with Crippen LogP contribution in [0.2, 0.25) is 0 Å². The lowest BCUT2D eigenvalue weighted by molar-refractivity contribution is -0.132. The molecule has 3 aromatic rings. The summed E-state index contributed by atoms with van der Waals surface area (Å²) < 4.78 is 22.3. The van der Waals surface area contributed by atoms with Gasteiger partial charge in [-0.1, -0.05) is 18.2 Å². The molecule has 1 N–H and O–H groups in total. The summed E-state index contributed by atoms with van der Waals surface area (Å²) in [6.07, 6.45) is 0.700. The van der Waals surface area contributed by atoms with Crippen molar-refractivity contribution < 1.29 is 33.6 Å². The summed E-state index contributed by atoms with van der Waals surface area (Å²) in [5.41, 5.74) is 2.32. The highest BCUT2D eigenvalue weighted by molar-refractivity contribution is 6.52. The molecule has 1 saturated heterocycles. The van der Waals surface area contributed by atoms with E-state index in [-0.39, 0.29) is 11.3 Å². The van der Waals surface area contributed by atoms with Gasteiger partial charge in [-0.3, -0.25) is 14.5 Å². The summed E-state index contributed by atoms with van der Waals surface area (Å²) in [7, 11) is 3.04. The molecule has 3 aromatic carbocycles. The SMILES string of the molecule is CCOc1cc(C2/C(=C(\O)c3ccc4c(c3)CCO4)C(=O)C(=O)N2c2ccccc2OC)ccc1OC. The zero-order valence-electron chi connectivity index (χ0n) is 20.8. The fourth-order valence-corrected chi connectivity index (χ4v) is 4.85. The zero-order valence-corrected chi connectivity index (χ0v) is 20.8. The number of amides is 1. The summed E-state index contributed by atoms with van der Waals surface area (Å²) in [6.45, 7) is 2.80. The Morgan fingerprint density at radius 1 is 1.00 bits per heavy atom. The average Bonchev–Trinajstić information content (AvgIpc) is 3.50. The molecule has 0 saturated carbocycles. The Bertz CT molecular complexity index is 1410. The minimum atomic E-state index is -0.939. The van der Waals surface area contributed by atoms with Gasteiger partial charge < -0.3 is 24.1 Å². The van der Waals surface area contributed by atoms with Gasteiger partial charge in [-0.2, -0.15) is 0 Å². The number of aliphatic hydroxyl groups excluding tert-OH is 1. The molecular formula is C29H27NO7. The van der Waals surface area contributed by atoms with Gasteiger partial charge in [0.15, 0.2) is 11.5 Å². The smallest absolute Gasteiger partial charge is 0.300 e. The molecule has 37 heavy (non-hydrogen) atoms. The molecule has 8 heteroatoms. The van der Waals surface area contributed by atoms with Crippen molar-refractivity contribution in [2.24, 2.45) is 0 Å². The molecule has 0 aromatic heterocycles. The Hall–Kier alpha value is -4.46. The fraction of sp³-hybridized carbons (Fsp3) is 0.241. The molecule has 190 valence electrons. The van der Waals surface area contributed by atoms with E-state index in [4.69, 9.17) is 18.9 Å². The lowest BCUT2D eigenvalue weighted by atomic mass is 9.94. The van der Waals surface area contributed by atoms with Gasteiger partial charge in [0.05, 0.1) is 44.7 Å². The molecule has 1 atom stereocenters. The molecule has 2 aliphatic heterocycles. The molecule has 5 rings (SSSR count). The van der Waals surface area contributed by atoms with E-state index < -0.39 is 17.7 Å². The number of methoxy groups -OCH3 is 2. The number of benzene rings is 3. The van der Waals surface area contributed by atoms with Crippen molar-refractivity contribution in [2.45, 2.75) is 19.4 Å². The van der Waals surface area contributed by atoms with Crippen molar-refractivity contribution >= 4 is 23.1 Å². The molecule has 2 heterocycles. The predicted octanol–water partition coefficient (Wildman–Crippen LogP) is 4.66. The van der Waals surface area contributed by atoms with E-state index in [0.717, 1.165) is 11.3 Å². The van der Waals surface area contributed by atoms with Crippen LogP contribution in [-0.4, -0.2) is 44.2 Å². The lowest BCUT2D eigenvalue weighted by Crippen LogP contribution is -2.29. The van der Waals surface area contributed by atoms with Crippen LogP contribution >= 0.6 is 0 Å². The van der Waals surface area contributed by atoms with Crippen LogP contribution in [0.15, 0.2) is 66.2 Å². The molecule has 2 aliphatic rings. The Labute approximate surface area is 214 Å². The van der Waals surface area contributed by atoms with Crippen molar-refractivity contribution in [3.8, 4) is 23.0 Å². The number of Topliss-reactive ketones (excluding diaryl/α,β-unsaturated/α-hetero) is 1. The van der Waals surface area contributed by atoms with Crippen LogP contribution in [0, 0.1) is 0 Å². The first-order chi connectivity index (χ1) is 18.0. The van der Waals surface area contributed by atoms with Crippen LogP contribution in [0.4, 0.5) is 5.69 Å². The number of rotatable bonds is 7. The second-order valence-electron chi connectivity index (χ2n) is 8.61. The first kappa shape index (κ1) is 24.2. The summed E-state index contributed by atoms with van der Waals surface area (Å²) in [6, 6.07) is 16.5. The topological polar surface area (TPSA) is 94.5 Å². The number of carbonyl (C=O) groups excluding carboxylic acids is 2. The average molecular weight is 502 g/mol. The molecule has 8 nitrogen and oxygen atoms in total.